The summed E-state index contributed by atoms with van der Waals surface area (Å²) in [5, 5.41) is 2.99. The average molecular weight is 300 g/mol. The highest BCUT2D eigenvalue weighted by Crippen LogP contribution is 2.33. The second kappa shape index (κ2) is 8.49. The maximum atomic E-state index is 11.9. The van der Waals surface area contributed by atoms with E-state index in [1.54, 1.807) is 11.8 Å². The van der Waals surface area contributed by atoms with Crippen molar-refractivity contribution in [3.05, 3.63) is 54.6 Å². The van der Waals surface area contributed by atoms with Crippen LogP contribution in [0.4, 0.5) is 5.69 Å². The molecule has 3 nitrogen and oxygen atoms in total. The van der Waals surface area contributed by atoms with Crippen LogP contribution in [0.3, 0.4) is 0 Å². The quantitative estimate of drug-likeness (QED) is 0.762. The van der Waals surface area contributed by atoms with E-state index in [0.717, 1.165) is 28.3 Å². The number of hydrogen-bond donors (Lipinski definition) is 2. The highest BCUT2D eigenvalue weighted by Gasteiger charge is 2.07. The van der Waals surface area contributed by atoms with E-state index in [4.69, 9.17) is 5.73 Å². The van der Waals surface area contributed by atoms with Gasteiger partial charge in [-0.25, -0.2) is 0 Å². The highest BCUT2D eigenvalue weighted by molar-refractivity contribution is 7.99. The van der Waals surface area contributed by atoms with Crippen molar-refractivity contribution in [1.29, 1.82) is 0 Å². The van der Waals surface area contributed by atoms with Crippen molar-refractivity contribution in [2.45, 2.75) is 29.1 Å². The van der Waals surface area contributed by atoms with E-state index in [1.807, 2.05) is 42.5 Å². The number of para-hydroxylation sites is 1. The minimum absolute atomic E-state index is 0.0459. The van der Waals surface area contributed by atoms with Crippen molar-refractivity contribution in [2.24, 2.45) is 5.73 Å². The summed E-state index contributed by atoms with van der Waals surface area (Å²) in [6.45, 7) is 0.633. The van der Waals surface area contributed by atoms with Crippen LogP contribution in [-0.4, -0.2) is 12.5 Å². The summed E-state index contributed by atoms with van der Waals surface area (Å²) in [6, 6.07) is 18.0. The molecule has 0 aromatic heterocycles. The molecule has 0 saturated heterocycles. The molecule has 110 valence electrons. The van der Waals surface area contributed by atoms with Gasteiger partial charge in [-0.15, -0.1) is 0 Å². The lowest BCUT2D eigenvalue weighted by Gasteiger charge is -2.10. The minimum atomic E-state index is 0.0459. The van der Waals surface area contributed by atoms with Crippen molar-refractivity contribution < 1.29 is 4.79 Å². The Morgan fingerprint density at radius 1 is 1.00 bits per heavy atom. The second-order valence-corrected chi connectivity index (χ2v) is 5.82. The number of anilines is 1. The van der Waals surface area contributed by atoms with Gasteiger partial charge in [-0.2, -0.15) is 0 Å². The molecule has 0 bridgehead atoms. The number of amides is 1. The smallest absolute Gasteiger partial charge is 0.224 e. The first-order valence-electron chi connectivity index (χ1n) is 7.11. The molecule has 0 aliphatic rings. The fourth-order valence-electron chi connectivity index (χ4n) is 1.92. The van der Waals surface area contributed by atoms with Crippen LogP contribution in [0.5, 0.6) is 0 Å². The molecule has 0 heterocycles. The molecule has 2 rings (SSSR count). The molecule has 0 fully saturated rings. The lowest BCUT2D eigenvalue weighted by Crippen LogP contribution is -2.12. The molecule has 2 aromatic rings. The Hall–Kier alpha value is -1.78. The van der Waals surface area contributed by atoms with Gasteiger partial charge in [-0.05, 0) is 43.7 Å². The van der Waals surface area contributed by atoms with Crippen molar-refractivity contribution in [1.82, 2.24) is 0 Å². The van der Waals surface area contributed by atoms with Gasteiger partial charge >= 0.3 is 0 Å². The molecule has 2 aromatic carbocycles. The van der Waals surface area contributed by atoms with Gasteiger partial charge in [0.2, 0.25) is 5.91 Å². The number of rotatable bonds is 7. The zero-order valence-corrected chi connectivity index (χ0v) is 12.7. The summed E-state index contributed by atoms with van der Waals surface area (Å²) in [7, 11) is 0. The van der Waals surface area contributed by atoms with Crippen LogP contribution in [0.15, 0.2) is 64.4 Å². The topological polar surface area (TPSA) is 55.1 Å². The second-order valence-electron chi connectivity index (χ2n) is 4.71. The molecule has 21 heavy (non-hydrogen) atoms. The Kier molecular flexibility index (Phi) is 6.31. The van der Waals surface area contributed by atoms with Crippen molar-refractivity contribution in [2.75, 3.05) is 11.9 Å². The average Bonchev–Trinajstić information content (AvgIpc) is 2.51. The summed E-state index contributed by atoms with van der Waals surface area (Å²) in [5.74, 6) is 0.0459. The van der Waals surface area contributed by atoms with E-state index in [2.05, 4.69) is 17.4 Å². The van der Waals surface area contributed by atoms with Crippen molar-refractivity contribution in [3.63, 3.8) is 0 Å². The van der Waals surface area contributed by atoms with Gasteiger partial charge in [0.15, 0.2) is 0 Å². The SMILES string of the molecule is NCCCCC(=O)Nc1ccccc1Sc1ccccc1. The summed E-state index contributed by atoms with van der Waals surface area (Å²) in [4.78, 5) is 14.1. The molecule has 0 aliphatic carbocycles. The Balaban J connectivity index is 2.01. The molecule has 0 unspecified atom stereocenters. The van der Waals surface area contributed by atoms with E-state index >= 15 is 0 Å². The molecule has 0 saturated carbocycles. The minimum Gasteiger partial charge on any atom is -0.330 e. The number of benzene rings is 2. The summed E-state index contributed by atoms with van der Waals surface area (Å²) in [5.41, 5.74) is 6.31. The Labute approximate surface area is 129 Å². The zero-order valence-electron chi connectivity index (χ0n) is 11.9. The number of unbranched alkanes of at least 4 members (excludes halogenated alkanes) is 1. The zero-order chi connectivity index (χ0) is 14.9. The normalized spacial score (nSPS) is 10.3. The first-order chi connectivity index (χ1) is 10.3. The van der Waals surface area contributed by atoms with Gasteiger partial charge in [0.05, 0.1) is 5.69 Å². The Morgan fingerprint density at radius 2 is 1.71 bits per heavy atom. The summed E-state index contributed by atoms with van der Waals surface area (Å²) < 4.78 is 0. The molecular formula is C17H20N2OS. The Bertz CT molecular complexity index is 572. The number of hydrogen-bond acceptors (Lipinski definition) is 3. The van der Waals surface area contributed by atoms with Gasteiger partial charge in [-0.1, -0.05) is 42.1 Å². The number of nitrogens with two attached hydrogens (primary N) is 1. The fourth-order valence-corrected chi connectivity index (χ4v) is 2.84. The highest BCUT2D eigenvalue weighted by atomic mass is 32.2. The van der Waals surface area contributed by atoms with Crippen LogP contribution in [0.25, 0.3) is 0 Å². The van der Waals surface area contributed by atoms with Crippen LogP contribution in [0.2, 0.25) is 0 Å². The van der Waals surface area contributed by atoms with E-state index in [-0.39, 0.29) is 5.91 Å². The summed E-state index contributed by atoms with van der Waals surface area (Å²) >= 11 is 1.65. The third-order valence-electron chi connectivity index (χ3n) is 2.99. The maximum absolute atomic E-state index is 11.9. The molecule has 0 atom stereocenters. The van der Waals surface area contributed by atoms with E-state index < -0.39 is 0 Å². The van der Waals surface area contributed by atoms with Crippen molar-refractivity contribution in [3.8, 4) is 0 Å². The van der Waals surface area contributed by atoms with Crippen LogP contribution >= 0.6 is 11.8 Å². The van der Waals surface area contributed by atoms with Crippen LogP contribution in [0, 0.1) is 0 Å². The molecule has 3 N–H and O–H groups in total. The summed E-state index contributed by atoms with van der Waals surface area (Å²) in [6.07, 6.45) is 2.23. The lowest BCUT2D eigenvalue weighted by atomic mass is 10.2. The molecular weight excluding hydrogens is 280 g/mol. The molecule has 4 heteroatoms. The first kappa shape index (κ1) is 15.6. The van der Waals surface area contributed by atoms with Crippen molar-refractivity contribution >= 4 is 23.4 Å². The molecule has 0 spiro atoms. The molecule has 1 amide bonds. The monoisotopic (exact) mass is 300 g/mol. The van der Waals surface area contributed by atoms with Crippen LogP contribution in [-0.2, 0) is 4.79 Å². The van der Waals surface area contributed by atoms with Gasteiger partial charge in [0.1, 0.15) is 0 Å². The first-order valence-corrected chi connectivity index (χ1v) is 7.93. The number of carbonyl (C=O) groups excluding carboxylic acids is 1. The van der Waals surface area contributed by atoms with Gasteiger partial charge in [0, 0.05) is 16.2 Å². The third kappa shape index (κ3) is 5.25. The molecule has 0 radical (unpaired) electrons. The van der Waals surface area contributed by atoms with Gasteiger partial charge < -0.3 is 11.1 Å². The predicted octanol–water partition coefficient (Wildman–Crippen LogP) is 3.91. The largest absolute Gasteiger partial charge is 0.330 e. The predicted molar refractivity (Wildman–Crippen MR) is 88.5 cm³/mol. The maximum Gasteiger partial charge on any atom is 0.224 e. The Morgan fingerprint density at radius 3 is 2.48 bits per heavy atom. The van der Waals surface area contributed by atoms with Crippen LogP contribution < -0.4 is 11.1 Å². The number of carbonyl (C=O) groups is 1. The van der Waals surface area contributed by atoms with E-state index in [0.29, 0.717) is 13.0 Å². The number of nitrogens with one attached hydrogen (secondary N) is 1. The van der Waals surface area contributed by atoms with Gasteiger partial charge in [0.25, 0.3) is 0 Å². The fraction of sp³-hybridized carbons (Fsp3) is 0.235. The third-order valence-corrected chi connectivity index (χ3v) is 4.07. The van der Waals surface area contributed by atoms with Crippen LogP contribution in [0.1, 0.15) is 19.3 Å². The standard InChI is InChI=1S/C17H20N2OS/c18-13-7-6-12-17(20)19-15-10-4-5-11-16(15)21-14-8-2-1-3-9-14/h1-5,8-11H,6-7,12-13,18H2,(H,19,20). The van der Waals surface area contributed by atoms with E-state index in [1.165, 1.54) is 0 Å². The lowest BCUT2D eigenvalue weighted by molar-refractivity contribution is -0.116. The van der Waals surface area contributed by atoms with Gasteiger partial charge in [-0.3, -0.25) is 4.79 Å². The van der Waals surface area contributed by atoms with E-state index in [9.17, 15) is 4.79 Å². The molecule has 0 aliphatic heterocycles.